The molecule has 3 atom stereocenters. The average Bonchev–Trinajstić information content (AvgIpc) is 3.30. The number of rotatable bonds is 12. The zero-order valence-electron chi connectivity index (χ0n) is 20.4. The van der Waals surface area contributed by atoms with E-state index in [1.807, 2.05) is 18.2 Å². The van der Waals surface area contributed by atoms with E-state index in [0.29, 0.717) is 25.3 Å². The number of hydrogen-bond donors (Lipinski definition) is 3. The molecule has 1 saturated carbocycles. The number of fused-ring (bicyclic) bond motifs is 1. The molecule has 3 N–H and O–H groups in total. The Hall–Kier alpha value is -2.02. The van der Waals surface area contributed by atoms with Crippen molar-refractivity contribution in [3.8, 4) is 0 Å². The van der Waals surface area contributed by atoms with Gasteiger partial charge in [0.2, 0.25) is 0 Å². The average molecular weight is 478 g/mol. The van der Waals surface area contributed by atoms with Crippen LogP contribution in [-0.4, -0.2) is 48.3 Å². The van der Waals surface area contributed by atoms with E-state index in [1.165, 1.54) is 15.0 Å². The molecule has 1 aliphatic carbocycles. The Morgan fingerprint density at radius 1 is 1.32 bits per heavy atom. The SMILES string of the molecule is [B]=C1[C@H](C/C=C\CCCC(=O)NCCO)[C@@H](/C=C/C(O)Cc2cc3ccccc3s2)CC1(C)C. The van der Waals surface area contributed by atoms with E-state index in [2.05, 4.69) is 55.6 Å². The van der Waals surface area contributed by atoms with Crippen molar-refractivity contribution in [2.45, 2.75) is 58.5 Å². The number of amides is 1. The summed E-state index contributed by atoms with van der Waals surface area (Å²) >= 11 is 1.74. The topological polar surface area (TPSA) is 69.6 Å². The van der Waals surface area contributed by atoms with Crippen LogP contribution in [-0.2, 0) is 11.2 Å². The van der Waals surface area contributed by atoms with Gasteiger partial charge >= 0.3 is 204 Å². The summed E-state index contributed by atoms with van der Waals surface area (Å²) in [5.74, 6) is 0.546. The molecule has 1 aromatic heterocycles. The van der Waals surface area contributed by atoms with Crippen molar-refractivity contribution in [2.24, 2.45) is 17.3 Å². The Balaban J connectivity index is 1.51. The first-order valence-electron chi connectivity index (χ1n) is 12.3. The van der Waals surface area contributed by atoms with E-state index in [0.717, 1.165) is 31.1 Å². The third-order valence-corrected chi connectivity index (χ3v) is 7.81. The van der Waals surface area contributed by atoms with Gasteiger partial charge in [-0.05, 0) is 0 Å². The van der Waals surface area contributed by atoms with Crippen molar-refractivity contribution in [3.05, 3.63) is 59.5 Å². The van der Waals surface area contributed by atoms with Crippen LogP contribution in [0.5, 0.6) is 0 Å². The maximum absolute atomic E-state index is 11.6. The van der Waals surface area contributed by atoms with Crippen LogP contribution in [0.4, 0.5) is 0 Å². The van der Waals surface area contributed by atoms with Gasteiger partial charge in [0, 0.05) is 0 Å². The van der Waals surface area contributed by atoms with Gasteiger partial charge in [0.1, 0.15) is 0 Å². The molecule has 34 heavy (non-hydrogen) atoms. The van der Waals surface area contributed by atoms with Crippen molar-refractivity contribution in [1.82, 2.24) is 5.32 Å². The van der Waals surface area contributed by atoms with Crippen LogP contribution in [0, 0.1) is 17.3 Å². The fourth-order valence-electron chi connectivity index (χ4n) is 4.79. The minimum absolute atomic E-state index is 0.0167. The van der Waals surface area contributed by atoms with Crippen LogP contribution in [0.3, 0.4) is 0 Å². The van der Waals surface area contributed by atoms with Crippen molar-refractivity contribution in [2.75, 3.05) is 13.2 Å². The molecule has 1 heterocycles. The third-order valence-electron chi connectivity index (χ3n) is 6.68. The molecule has 3 rings (SSSR count). The maximum atomic E-state index is 11.6. The summed E-state index contributed by atoms with van der Waals surface area (Å²) in [6, 6.07) is 10.5. The second kappa shape index (κ2) is 12.6. The molecule has 1 unspecified atom stereocenters. The number of allylic oxidation sites excluding steroid dienone is 3. The minimum atomic E-state index is -0.508. The summed E-state index contributed by atoms with van der Waals surface area (Å²) in [6.45, 7) is 4.69. The Kier molecular flexibility index (Phi) is 9.87. The summed E-state index contributed by atoms with van der Waals surface area (Å²) < 4.78 is 1.26. The van der Waals surface area contributed by atoms with Gasteiger partial charge in [-0.2, -0.15) is 0 Å². The Morgan fingerprint density at radius 2 is 2.12 bits per heavy atom. The second-order valence-corrected chi connectivity index (χ2v) is 11.1. The molecule has 1 fully saturated rings. The molecule has 1 aromatic carbocycles. The standard InChI is InChI=1S/C28H37BNO3S/c1-28(2)19-21(13-14-22(32)18-23-17-20-9-7-8-11-25(20)34-23)24(27(28)29)10-5-3-4-6-12-26(33)30-15-16-31/h3,5,7-9,11,13-14,17,21-22,24,31-32H,4,6,10,12,15-16,18-19H2,1-2H3,(H,30,33)/b5-3-,14-13+/t21-,22?,24+/m0/s1. The first-order chi connectivity index (χ1) is 16.3. The Labute approximate surface area is 208 Å². The van der Waals surface area contributed by atoms with Crippen LogP contribution in [0.1, 0.15) is 50.8 Å². The molecule has 181 valence electrons. The fourth-order valence-corrected chi connectivity index (χ4v) is 5.91. The van der Waals surface area contributed by atoms with Gasteiger partial charge in [-0.1, -0.05) is 0 Å². The monoisotopic (exact) mass is 478 g/mol. The summed E-state index contributed by atoms with van der Waals surface area (Å²) in [7, 11) is 6.56. The first-order valence-corrected chi connectivity index (χ1v) is 13.1. The van der Waals surface area contributed by atoms with Gasteiger partial charge in [0.15, 0.2) is 0 Å². The number of unbranched alkanes of at least 4 members (excludes halogenated alkanes) is 1. The molecule has 6 heteroatoms. The molecule has 2 aromatic rings. The Morgan fingerprint density at radius 3 is 2.88 bits per heavy atom. The zero-order chi connectivity index (χ0) is 24.6. The van der Waals surface area contributed by atoms with Gasteiger partial charge in [-0.3, -0.25) is 0 Å². The van der Waals surface area contributed by atoms with Crippen LogP contribution < -0.4 is 5.32 Å². The normalized spacial score (nSPS) is 21.1. The number of carbonyl (C=O) groups is 1. The number of aliphatic hydroxyl groups is 2. The van der Waals surface area contributed by atoms with E-state index in [1.54, 1.807) is 11.3 Å². The van der Waals surface area contributed by atoms with E-state index < -0.39 is 6.10 Å². The third kappa shape index (κ3) is 7.49. The van der Waals surface area contributed by atoms with Crippen LogP contribution >= 0.6 is 11.3 Å². The first kappa shape index (κ1) is 26.6. The van der Waals surface area contributed by atoms with Gasteiger partial charge in [-0.25, -0.2) is 0 Å². The van der Waals surface area contributed by atoms with E-state index >= 15 is 0 Å². The number of aliphatic hydroxyl groups excluding tert-OH is 2. The molecule has 0 bridgehead atoms. The number of nitrogens with one attached hydrogen (secondary N) is 1. The van der Waals surface area contributed by atoms with Gasteiger partial charge in [0.25, 0.3) is 0 Å². The molecule has 4 nitrogen and oxygen atoms in total. The predicted octanol–water partition coefficient (Wildman–Crippen LogP) is 4.59. The summed E-state index contributed by atoms with van der Waals surface area (Å²) in [4.78, 5) is 12.8. The van der Waals surface area contributed by atoms with Crippen molar-refractivity contribution >= 4 is 40.3 Å². The molecule has 1 amide bonds. The van der Waals surface area contributed by atoms with E-state index in [4.69, 9.17) is 12.6 Å². The molecule has 0 spiro atoms. The second-order valence-electron chi connectivity index (χ2n) is 9.89. The Bertz CT molecular complexity index is 993. The van der Waals surface area contributed by atoms with E-state index in [-0.39, 0.29) is 23.8 Å². The molecular formula is C28H37BNO3S. The van der Waals surface area contributed by atoms with Crippen molar-refractivity contribution in [3.63, 3.8) is 0 Å². The molecule has 1 aliphatic rings. The van der Waals surface area contributed by atoms with Crippen LogP contribution in [0.15, 0.2) is 54.6 Å². The summed E-state index contributed by atoms with van der Waals surface area (Å²) in [5, 5.41) is 23.3. The molecule has 1 radical (unpaired) electrons. The van der Waals surface area contributed by atoms with E-state index in [9.17, 15) is 9.90 Å². The number of carbonyl (C=O) groups excluding carboxylic acids is 1. The van der Waals surface area contributed by atoms with Gasteiger partial charge in [-0.15, -0.1) is 0 Å². The number of thiophene rings is 1. The quantitative estimate of drug-likeness (QED) is 0.238. The van der Waals surface area contributed by atoms with Gasteiger partial charge < -0.3 is 5.11 Å². The summed E-state index contributed by atoms with van der Waals surface area (Å²) in [6.07, 6.45) is 12.5. The number of benzene rings is 1. The number of hydrogen-bond acceptors (Lipinski definition) is 4. The molecule has 0 aliphatic heterocycles. The predicted molar refractivity (Wildman–Crippen MR) is 145 cm³/mol. The summed E-state index contributed by atoms with van der Waals surface area (Å²) in [5.41, 5.74) is 1.02. The fraction of sp³-hybridized carbons (Fsp3) is 0.500. The van der Waals surface area contributed by atoms with Gasteiger partial charge in [0.05, 0.1) is 0 Å². The van der Waals surface area contributed by atoms with Crippen LogP contribution in [0.25, 0.3) is 10.1 Å². The molecular weight excluding hydrogens is 441 g/mol. The molecule has 0 saturated heterocycles. The van der Waals surface area contributed by atoms with Crippen molar-refractivity contribution in [1.29, 1.82) is 0 Å². The zero-order valence-corrected chi connectivity index (χ0v) is 21.2. The van der Waals surface area contributed by atoms with Crippen molar-refractivity contribution < 1.29 is 15.0 Å². The van der Waals surface area contributed by atoms with Crippen LogP contribution in [0.2, 0.25) is 0 Å².